The fraction of sp³-hybridized carbons (Fsp3) is 0.550. The van der Waals surface area contributed by atoms with Gasteiger partial charge in [-0.15, -0.1) is 0 Å². The minimum absolute atomic E-state index is 0.00135. The standard InChI is InChI=1S/C20H24N2O3/c1-11(23)13-10-22(2)8-7-20-14-5-3-4-6-15(14)21-18(20)17(19(24)25)12(13)9-16(20)22/h3-6,11-13,16,21,23H,7-10H2,1-2H3/p+1/t11-,12+,13+,16+,20-,22?/m1/s1. The molecule has 0 saturated carbocycles. The van der Waals surface area contributed by atoms with E-state index in [4.69, 9.17) is 0 Å². The number of para-hydroxylation sites is 1. The van der Waals surface area contributed by atoms with Gasteiger partial charge in [0.15, 0.2) is 0 Å². The third-order valence-electron chi connectivity index (χ3n) is 7.56. The second-order valence-electron chi connectivity index (χ2n) is 8.63. The summed E-state index contributed by atoms with van der Waals surface area (Å²) in [6.45, 7) is 3.71. The largest absolute Gasteiger partial charge is 0.478 e. The number of carboxylic acid groups (broad SMARTS) is 1. The number of aliphatic carboxylic acids is 1. The molecule has 1 aliphatic carbocycles. The van der Waals surface area contributed by atoms with Crippen molar-refractivity contribution in [3.8, 4) is 0 Å². The molecule has 1 aromatic rings. The number of likely N-dealkylation sites (N-methyl/N-ethyl adjacent to an activating group) is 1. The maximum absolute atomic E-state index is 12.3. The monoisotopic (exact) mass is 341 g/mol. The number of quaternary nitrogens is 1. The van der Waals surface area contributed by atoms with E-state index in [1.807, 2.05) is 13.0 Å². The molecule has 5 heteroatoms. The molecule has 4 aliphatic rings. The van der Waals surface area contributed by atoms with Gasteiger partial charge >= 0.3 is 5.97 Å². The molecule has 1 spiro atoms. The molecule has 3 aliphatic heterocycles. The van der Waals surface area contributed by atoms with Crippen LogP contribution >= 0.6 is 0 Å². The van der Waals surface area contributed by atoms with Crippen molar-refractivity contribution < 1.29 is 19.5 Å². The molecular weight excluding hydrogens is 316 g/mol. The van der Waals surface area contributed by atoms with Crippen molar-refractivity contribution >= 4 is 11.7 Å². The molecule has 5 rings (SSSR count). The van der Waals surface area contributed by atoms with Gasteiger partial charge in [-0.25, -0.2) is 4.79 Å². The third-order valence-corrected chi connectivity index (χ3v) is 7.56. The Balaban J connectivity index is 1.81. The molecule has 6 atom stereocenters. The Hall–Kier alpha value is -1.85. The van der Waals surface area contributed by atoms with Gasteiger partial charge in [0.25, 0.3) is 0 Å². The third kappa shape index (κ3) is 1.68. The van der Waals surface area contributed by atoms with E-state index in [1.54, 1.807) is 0 Å². The van der Waals surface area contributed by atoms with Gasteiger partial charge in [-0.05, 0) is 18.6 Å². The highest BCUT2D eigenvalue weighted by Crippen LogP contribution is 2.63. The lowest BCUT2D eigenvalue weighted by molar-refractivity contribution is -0.933. The quantitative estimate of drug-likeness (QED) is 0.719. The van der Waals surface area contributed by atoms with Crippen LogP contribution in [0.5, 0.6) is 0 Å². The number of hydrogen-bond acceptors (Lipinski definition) is 3. The predicted octanol–water partition coefficient (Wildman–Crippen LogP) is 1.94. The van der Waals surface area contributed by atoms with Gasteiger partial charge in [-0.1, -0.05) is 18.2 Å². The number of aliphatic hydroxyl groups is 1. The number of aliphatic hydroxyl groups excluding tert-OH is 1. The van der Waals surface area contributed by atoms with Crippen molar-refractivity contribution in [3.63, 3.8) is 0 Å². The van der Waals surface area contributed by atoms with Gasteiger partial charge in [0.1, 0.15) is 6.04 Å². The summed E-state index contributed by atoms with van der Waals surface area (Å²) in [7, 11) is 2.30. The molecule has 2 fully saturated rings. The van der Waals surface area contributed by atoms with Crippen LogP contribution in [0.4, 0.5) is 5.69 Å². The predicted molar refractivity (Wildman–Crippen MR) is 94.0 cm³/mol. The minimum Gasteiger partial charge on any atom is -0.478 e. The number of nitrogens with one attached hydrogen (secondary N) is 1. The zero-order valence-corrected chi connectivity index (χ0v) is 14.7. The first kappa shape index (κ1) is 15.4. The Bertz CT molecular complexity index is 817. The van der Waals surface area contributed by atoms with Gasteiger partial charge in [0, 0.05) is 36.1 Å². The van der Waals surface area contributed by atoms with E-state index in [9.17, 15) is 15.0 Å². The first-order valence-electron chi connectivity index (χ1n) is 9.25. The molecule has 3 heterocycles. The Kier molecular flexibility index (Phi) is 2.87. The van der Waals surface area contributed by atoms with Crippen LogP contribution in [0.3, 0.4) is 0 Å². The van der Waals surface area contributed by atoms with Crippen molar-refractivity contribution in [1.82, 2.24) is 0 Å². The summed E-state index contributed by atoms with van der Waals surface area (Å²) in [4.78, 5) is 12.3. The Labute approximate surface area is 147 Å². The van der Waals surface area contributed by atoms with Gasteiger partial charge in [0.05, 0.1) is 37.2 Å². The molecule has 0 radical (unpaired) electrons. The van der Waals surface area contributed by atoms with Gasteiger partial charge in [-0.2, -0.15) is 0 Å². The lowest BCUT2D eigenvalue weighted by atomic mass is 9.59. The Morgan fingerprint density at radius 2 is 2.16 bits per heavy atom. The molecule has 5 nitrogen and oxygen atoms in total. The van der Waals surface area contributed by atoms with Crippen molar-refractivity contribution in [2.75, 3.05) is 25.5 Å². The van der Waals surface area contributed by atoms with Crippen LogP contribution in [0, 0.1) is 11.8 Å². The summed E-state index contributed by atoms with van der Waals surface area (Å²) in [6, 6.07) is 8.70. The number of rotatable bonds is 2. The molecule has 3 N–H and O–H groups in total. The van der Waals surface area contributed by atoms with Gasteiger partial charge < -0.3 is 20.0 Å². The molecule has 25 heavy (non-hydrogen) atoms. The van der Waals surface area contributed by atoms with Crippen LogP contribution in [0.25, 0.3) is 0 Å². The highest BCUT2D eigenvalue weighted by molar-refractivity contribution is 5.92. The highest BCUT2D eigenvalue weighted by Gasteiger charge is 2.69. The molecule has 2 bridgehead atoms. The average Bonchev–Trinajstić information content (AvgIpc) is 3.07. The van der Waals surface area contributed by atoms with E-state index in [1.165, 1.54) is 5.56 Å². The Morgan fingerprint density at radius 3 is 2.88 bits per heavy atom. The van der Waals surface area contributed by atoms with E-state index >= 15 is 0 Å². The summed E-state index contributed by atoms with van der Waals surface area (Å²) in [6.07, 6.45) is 1.34. The van der Waals surface area contributed by atoms with Gasteiger partial charge in [0.2, 0.25) is 0 Å². The molecule has 2 saturated heterocycles. The topological polar surface area (TPSA) is 69.6 Å². The second-order valence-corrected chi connectivity index (χ2v) is 8.63. The van der Waals surface area contributed by atoms with Crippen molar-refractivity contribution in [2.45, 2.75) is 37.3 Å². The second kappa shape index (κ2) is 4.65. The molecule has 0 aromatic heterocycles. The SMILES string of the molecule is C[C@@H](O)[C@@H]1C[N+]2(C)CC[C@]34C(=C(C(=O)O)[C@H]1C[C@@H]32)Nc1ccccc14. The molecule has 1 unspecified atom stereocenters. The number of piperidine rings is 1. The van der Waals surface area contributed by atoms with Crippen LogP contribution in [-0.2, 0) is 10.2 Å². The zero-order chi connectivity index (χ0) is 17.6. The number of nitrogens with zero attached hydrogens (tertiary/aromatic N) is 1. The van der Waals surface area contributed by atoms with Crippen LogP contribution in [0.1, 0.15) is 25.3 Å². The van der Waals surface area contributed by atoms with Crippen LogP contribution in [0.15, 0.2) is 35.5 Å². The number of carbonyl (C=O) groups is 1. The number of benzene rings is 1. The summed E-state index contributed by atoms with van der Waals surface area (Å²) >= 11 is 0. The maximum atomic E-state index is 12.3. The normalized spacial score (nSPS) is 41.8. The van der Waals surface area contributed by atoms with Crippen LogP contribution in [-0.4, -0.2) is 52.9 Å². The Morgan fingerprint density at radius 1 is 1.40 bits per heavy atom. The summed E-state index contributed by atoms with van der Waals surface area (Å²) in [5.74, 6) is -0.898. The van der Waals surface area contributed by atoms with Crippen LogP contribution < -0.4 is 5.32 Å². The number of carboxylic acids is 1. The van der Waals surface area contributed by atoms with E-state index in [2.05, 4.69) is 30.6 Å². The highest BCUT2D eigenvalue weighted by atomic mass is 16.4. The molecule has 1 aromatic carbocycles. The summed E-state index contributed by atoms with van der Waals surface area (Å²) < 4.78 is 0.943. The maximum Gasteiger partial charge on any atom is 0.333 e. The first-order chi connectivity index (χ1) is 11.9. The minimum atomic E-state index is -0.827. The lowest BCUT2D eigenvalue weighted by Gasteiger charge is -2.54. The fourth-order valence-electron chi connectivity index (χ4n) is 6.53. The fourth-order valence-corrected chi connectivity index (χ4v) is 6.53. The van der Waals surface area contributed by atoms with Crippen molar-refractivity contribution in [2.24, 2.45) is 11.8 Å². The molecule has 132 valence electrons. The summed E-state index contributed by atoms with van der Waals surface area (Å²) in [5, 5.41) is 24.0. The average molecular weight is 341 g/mol. The lowest BCUT2D eigenvalue weighted by Crippen LogP contribution is -2.65. The van der Waals surface area contributed by atoms with E-state index in [0.29, 0.717) is 11.6 Å². The number of fused-ring (bicyclic) bond motifs is 2. The zero-order valence-electron chi connectivity index (χ0n) is 14.7. The smallest absolute Gasteiger partial charge is 0.333 e. The van der Waals surface area contributed by atoms with E-state index in [-0.39, 0.29) is 17.3 Å². The van der Waals surface area contributed by atoms with E-state index < -0.39 is 12.1 Å². The van der Waals surface area contributed by atoms with Gasteiger partial charge in [-0.3, -0.25) is 0 Å². The first-order valence-corrected chi connectivity index (χ1v) is 9.25. The summed E-state index contributed by atoms with van der Waals surface area (Å²) in [5.41, 5.74) is 3.57. The van der Waals surface area contributed by atoms with Crippen molar-refractivity contribution in [1.29, 1.82) is 0 Å². The van der Waals surface area contributed by atoms with Crippen LogP contribution in [0.2, 0.25) is 0 Å². The number of hydrogen-bond donors (Lipinski definition) is 3. The molecule has 0 amide bonds. The molecular formula is C20H25N2O3+. The van der Waals surface area contributed by atoms with Crippen molar-refractivity contribution in [3.05, 3.63) is 41.1 Å². The number of anilines is 1. The van der Waals surface area contributed by atoms with E-state index in [0.717, 1.165) is 41.8 Å².